The highest BCUT2D eigenvalue weighted by Gasteiger charge is 2.30. The van der Waals surface area contributed by atoms with Crippen LogP contribution in [-0.2, 0) is 35.7 Å². The number of nitrogens with zero attached hydrogens (tertiary/aromatic N) is 3. The first-order chi connectivity index (χ1) is 14.9. The third-order valence-corrected chi connectivity index (χ3v) is 7.66. The predicted octanol–water partition coefficient (Wildman–Crippen LogP) is 1.26. The van der Waals surface area contributed by atoms with Crippen molar-refractivity contribution in [3.63, 3.8) is 0 Å². The Bertz CT molecular complexity index is 1180. The number of carbonyl (C=O) groups is 1. The van der Waals surface area contributed by atoms with Crippen LogP contribution in [0.5, 0.6) is 5.88 Å². The van der Waals surface area contributed by atoms with E-state index in [0.29, 0.717) is 31.7 Å². The Morgan fingerprint density at radius 2 is 2.23 bits per heavy atom. The van der Waals surface area contributed by atoms with E-state index in [2.05, 4.69) is 26.2 Å². The largest absolute Gasteiger partial charge is 0.475 e. The number of hydrogen-bond donors (Lipinski definition) is 4. The molecule has 2 aliphatic carbocycles. The van der Waals surface area contributed by atoms with Gasteiger partial charge in [-0.2, -0.15) is 5.10 Å². The molecule has 0 fully saturated rings. The van der Waals surface area contributed by atoms with Gasteiger partial charge in [-0.15, -0.1) is 4.36 Å². The summed E-state index contributed by atoms with van der Waals surface area (Å²) in [6.45, 7) is 0.916. The average Bonchev–Trinajstić information content (AvgIpc) is 3.45. The first kappa shape index (κ1) is 20.4. The van der Waals surface area contributed by atoms with Crippen LogP contribution in [0, 0.1) is 0 Å². The summed E-state index contributed by atoms with van der Waals surface area (Å²) in [7, 11) is -1.73. The van der Waals surface area contributed by atoms with Crippen molar-refractivity contribution in [3.05, 3.63) is 34.5 Å². The molecule has 1 aromatic carbocycles. The number of urea groups is 1. The van der Waals surface area contributed by atoms with Gasteiger partial charge in [-0.25, -0.2) is 18.8 Å². The van der Waals surface area contributed by atoms with Gasteiger partial charge in [0.25, 0.3) is 0 Å². The van der Waals surface area contributed by atoms with Crippen LogP contribution in [0.25, 0.3) is 0 Å². The molecule has 2 aromatic rings. The fourth-order valence-corrected chi connectivity index (χ4v) is 5.72. The Labute approximate surface area is 180 Å². The molecule has 1 aliphatic heterocycles. The van der Waals surface area contributed by atoms with Gasteiger partial charge in [-0.05, 0) is 61.4 Å². The van der Waals surface area contributed by atoms with Gasteiger partial charge >= 0.3 is 6.03 Å². The van der Waals surface area contributed by atoms with Gasteiger partial charge in [0.1, 0.15) is 11.5 Å². The molecule has 3 aliphatic rings. The van der Waals surface area contributed by atoms with Crippen molar-refractivity contribution >= 4 is 21.6 Å². The molecule has 2 heterocycles. The SMILES string of the molecule is CNC1COc2c(S(N)(=O)=NC(=O)Nc3c4c(cc5c3CCC5O)CCC4)cnn2C1. The van der Waals surface area contributed by atoms with Gasteiger partial charge in [0.15, 0.2) is 9.92 Å². The second-order valence-electron chi connectivity index (χ2n) is 8.25. The Morgan fingerprint density at radius 1 is 1.39 bits per heavy atom. The molecule has 1 aromatic heterocycles. The molecule has 2 amide bonds. The van der Waals surface area contributed by atoms with E-state index in [9.17, 15) is 14.1 Å². The van der Waals surface area contributed by atoms with E-state index in [4.69, 9.17) is 9.88 Å². The number of aliphatic hydroxyl groups is 1. The van der Waals surface area contributed by atoms with Crippen molar-refractivity contribution < 1.29 is 18.8 Å². The number of likely N-dealkylation sites (N-methyl/N-ethyl adjacent to an activating group) is 1. The Kier molecular flexibility index (Phi) is 5.00. The highest BCUT2D eigenvalue weighted by atomic mass is 32.2. The van der Waals surface area contributed by atoms with E-state index >= 15 is 0 Å². The fourth-order valence-electron chi connectivity index (χ4n) is 4.72. The van der Waals surface area contributed by atoms with Crippen molar-refractivity contribution in [2.45, 2.75) is 55.7 Å². The lowest BCUT2D eigenvalue weighted by molar-refractivity contribution is 0.180. The zero-order chi connectivity index (χ0) is 21.8. The molecule has 0 saturated carbocycles. The van der Waals surface area contributed by atoms with Gasteiger partial charge in [0.2, 0.25) is 5.88 Å². The number of amides is 2. The molecular formula is C20H26N6O4S. The highest BCUT2D eigenvalue weighted by Crippen LogP contribution is 2.42. The molecule has 0 radical (unpaired) electrons. The molecule has 0 spiro atoms. The van der Waals surface area contributed by atoms with E-state index in [-0.39, 0.29) is 16.8 Å². The molecule has 3 atom stereocenters. The summed E-state index contributed by atoms with van der Waals surface area (Å²) in [5, 5.41) is 26.4. The van der Waals surface area contributed by atoms with Crippen LogP contribution >= 0.6 is 0 Å². The molecule has 166 valence electrons. The van der Waals surface area contributed by atoms with E-state index < -0.39 is 22.1 Å². The molecule has 5 N–H and O–H groups in total. The van der Waals surface area contributed by atoms with Crippen molar-refractivity contribution in [1.29, 1.82) is 0 Å². The van der Waals surface area contributed by atoms with Gasteiger partial charge in [-0.1, -0.05) is 6.07 Å². The number of nitrogens with one attached hydrogen (secondary N) is 2. The first-order valence-electron chi connectivity index (χ1n) is 10.4. The predicted molar refractivity (Wildman–Crippen MR) is 114 cm³/mol. The number of fused-ring (bicyclic) bond motifs is 3. The molecule has 0 bridgehead atoms. The van der Waals surface area contributed by atoms with Gasteiger partial charge in [0, 0.05) is 5.69 Å². The number of aryl methyl sites for hydroxylation is 1. The van der Waals surface area contributed by atoms with Crippen molar-refractivity contribution in [2.75, 3.05) is 19.0 Å². The van der Waals surface area contributed by atoms with Crippen LogP contribution in [0.1, 0.15) is 41.2 Å². The van der Waals surface area contributed by atoms with E-state index in [1.807, 2.05) is 7.05 Å². The number of aliphatic hydroxyl groups excluding tert-OH is 1. The number of ether oxygens (including phenoxy) is 1. The Balaban J connectivity index is 1.46. The van der Waals surface area contributed by atoms with E-state index in [1.165, 1.54) is 6.20 Å². The number of nitrogens with two attached hydrogens (primary N) is 1. The summed E-state index contributed by atoms with van der Waals surface area (Å²) in [5.41, 5.74) is 4.70. The maximum atomic E-state index is 13.2. The third kappa shape index (κ3) is 3.51. The summed E-state index contributed by atoms with van der Waals surface area (Å²) in [4.78, 5) is 12.9. The molecule has 11 heteroatoms. The maximum Gasteiger partial charge on any atom is 0.354 e. The number of hydrogen-bond acceptors (Lipinski definition) is 6. The molecule has 5 rings (SSSR count). The van der Waals surface area contributed by atoms with Crippen LogP contribution in [0.4, 0.5) is 10.5 Å². The summed E-state index contributed by atoms with van der Waals surface area (Å²) in [5.74, 6) is 0.278. The van der Waals surface area contributed by atoms with Crippen LogP contribution in [0.2, 0.25) is 0 Å². The minimum Gasteiger partial charge on any atom is -0.475 e. The van der Waals surface area contributed by atoms with Gasteiger partial charge < -0.3 is 20.5 Å². The number of rotatable bonds is 3. The zero-order valence-electron chi connectivity index (χ0n) is 17.3. The minimum absolute atomic E-state index is 0.0759. The van der Waals surface area contributed by atoms with Crippen LogP contribution in [0.3, 0.4) is 0 Å². The Morgan fingerprint density at radius 3 is 3.03 bits per heavy atom. The number of anilines is 1. The quantitative estimate of drug-likeness (QED) is 0.559. The van der Waals surface area contributed by atoms with Gasteiger partial charge in [0.05, 0.1) is 24.9 Å². The summed E-state index contributed by atoms with van der Waals surface area (Å²) in [6, 6.07) is 1.36. The lowest BCUT2D eigenvalue weighted by Gasteiger charge is -2.24. The highest BCUT2D eigenvalue weighted by molar-refractivity contribution is 7.91. The summed E-state index contributed by atoms with van der Waals surface area (Å²) in [6.07, 6.45) is 4.88. The zero-order valence-corrected chi connectivity index (χ0v) is 18.1. The topological polar surface area (TPSA) is 144 Å². The van der Waals surface area contributed by atoms with E-state index in [1.54, 1.807) is 4.68 Å². The van der Waals surface area contributed by atoms with E-state index in [0.717, 1.165) is 41.5 Å². The number of carbonyl (C=O) groups excluding carboxylic acids is 1. The summed E-state index contributed by atoms with van der Waals surface area (Å²) < 4.78 is 24.2. The molecule has 3 unspecified atom stereocenters. The second kappa shape index (κ2) is 7.59. The Hall–Kier alpha value is -2.47. The number of aromatic nitrogens is 2. The van der Waals surface area contributed by atoms with Crippen LogP contribution in [-0.4, -0.2) is 44.8 Å². The maximum absolute atomic E-state index is 13.2. The van der Waals surface area contributed by atoms with Crippen molar-refractivity contribution in [2.24, 2.45) is 9.50 Å². The van der Waals surface area contributed by atoms with Gasteiger partial charge in [-0.3, -0.25) is 0 Å². The molecular weight excluding hydrogens is 420 g/mol. The molecule has 0 saturated heterocycles. The average molecular weight is 447 g/mol. The standard InChI is InChI=1S/C20H26N6O4S/c1-22-12-9-26-19(30-10-12)17(8-23-26)31(21,29)25-20(28)24-18-13-4-2-3-11(13)7-15-14(18)5-6-16(15)27/h7-8,12,16,22,27H,2-6,9-10H2,1H3,(H3,21,24,25,28,29). The summed E-state index contributed by atoms with van der Waals surface area (Å²) >= 11 is 0. The lowest BCUT2D eigenvalue weighted by atomic mass is 9.98. The van der Waals surface area contributed by atoms with Crippen LogP contribution < -0.4 is 20.5 Å². The first-order valence-corrected chi connectivity index (χ1v) is 12.0. The number of benzene rings is 1. The second-order valence-corrected chi connectivity index (χ2v) is 10.0. The van der Waals surface area contributed by atoms with Crippen molar-refractivity contribution in [1.82, 2.24) is 15.1 Å². The lowest BCUT2D eigenvalue weighted by Crippen LogP contribution is -2.40. The van der Waals surface area contributed by atoms with Crippen molar-refractivity contribution in [3.8, 4) is 5.88 Å². The smallest absolute Gasteiger partial charge is 0.354 e. The normalized spacial score (nSPS) is 23.3. The molecule has 31 heavy (non-hydrogen) atoms. The monoisotopic (exact) mass is 446 g/mol. The van der Waals surface area contributed by atoms with Crippen LogP contribution in [0.15, 0.2) is 21.5 Å². The minimum atomic E-state index is -3.56. The molecule has 10 nitrogen and oxygen atoms in total. The fraction of sp³-hybridized carbons (Fsp3) is 0.500. The third-order valence-electron chi connectivity index (χ3n) is 6.32.